The average Bonchev–Trinajstić information content (AvgIpc) is 2.83. The van der Waals surface area contributed by atoms with Gasteiger partial charge in [0, 0.05) is 23.6 Å². The van der Waals surface area contributed by atoms with Gasteiger partial charge in [-0.05, 0) is 12.8 Å². The molecule has 1 fully saturated rings. The van der Waals surface area contributed by atoms with Crippen LogP contribution in [0.5, 0.6) is 0 Å². The summed E-state index contributed by atoms with van der Waals surface area (Å²) in [6.45, 7) is 0. The molecule has 0 saturated heterocycles. The summed E-state index contributed by atoms with van der Waals surface area (Å²) in [6.07, 6.45) is 5.05. The average molecular weight is 236 g/mol. The summed E-state index contributed by atoms with van der Waals surface area (Å²) >= 11 is 1.24. The van der Waals surface area contributed by atoms with E-state index in [2.05, 4.69) is 14.5 Å². The van der Waals surface area contributed by atoms with Crippen molar-refractivity contribution in [2.24, 2.45) is 0 Å². The Hall–Kier alpha value is -1.76. The number of hydrogen-bond donors (Lipinski definition) is 1. The maximum atomic E-state index is 10.7. The molecule has 82 valence electrons. The van der Waals surface area contributed by atoms with E-state index in [4.69, 9.17) is 5.11 Å². The third-order valence-electron chi connectivity index (χ3n) is 2.40. The van der Waals surface area contributed by atoms with Crippen molar-refractivity contribution < 1.29 is 9.90 Å². The molecule has 0 spiro atoms. The van der Waals surface area contributed by atoms with Gasteiger partial charge in [0.15, 0.2) is 0 Å². The first kappa shape index (κ1) is 9.46. The Morgan fingerprint density at radius 1 is 1.56 bits per heavy atom. The number of rotatable bonds is 3. The van der Waals surface area contributed by atoms with Crippen molar-refractivity contribution in [2.45, 2.75) is 18.8 Å². The molecule has 0 bridgehead atoms. The molecule has 1 saturated carbocycles. The highest BCUT2D eigenvalue weighted by molar-refractivity contribution is 7.08. The standard InChI is InChI=1S/C9H8N4O2S/c14-8(15)6-3-10-13(4-6)9-11-7(12-16-9)5-1-2-5/h3-5H,1-2H2,(H,14,15). The maximum absolute atomic E-state index is 10.7. The second-order valence-corrected chi connectivity index (χ2v) is 4.42. The number of nitrogens with zero attached hydrogens (tertiary/aromatic N) is 4. The van der Waals surface area contributed by atoms with Gasteiger partial charge in [-0.1, -0.05) is 0 Å². The van der Waals surface area contributed by atoms with Gasteiger partial charge in [0.1, 0.15) is 5.82 Å². The summed E-state index contributed by atoms with van der Waals surface area (Å²) in [5, 5.41) is 13.3. The van der Waals surface area contributed by atoms with E-state index in [1.165, 1.54) is 28.6 Å². The molecule has 7 heteroatoms. The van der Waals surface area contributed by atoms with E-state index >= 15 is 0 Å². The fraction of sp³-hybridized carbons (Fsp3) is 0.333. The van der Waals surface area contributed by atoms with Crippen LogP contribution in [-0.2, 0) is 0 Å². The zero-order valence-electron chi connectivity index (χ0n) is 8.20. The maximum Gasteiger partial charge on any atom is 0.338 e. The molecule has 1 aliphatic rings. The molecule has 0 aliphatic heterocycles. The van der Waals surface area contributed by atoms with Crippen LogP contribution in [0.15, 0.2) is 12.4 Å². The molecule has 0 unspecified atom stereocenters. The van der Waals surface area contributed by atoms with E-state index < -0.39 is 5.97 Å². The molecule has 0 amide bonds. The fourth-order valence-electron chi connectivity index (χ4n) is 1.36. The molecule has 1 N–H and O–H groups in total. The van der Waals surface area contributed by atoms with Crippen LogP contribution < -0.4 is 0 Å². The lowest BCUT2D eigenvalue weighted by molar-refractivity contribution is 0.0697. The Labute approximate surface area is 94.7 Å². The quantitative estimate of drug-likeness (QED) is 0.868. The lowest BCUT2D eigenvalue weighted by Crippen LogP contribution is -1.95. The van der Waals surface area contributed by atoms with Crippen molar-refractivity contribution in [1.29, 1.82) is 0 Å². The minimum atomic E-state index is -0.988. The van der Waals surface area contributed by atoms with Crippen LogP contribution in [-0.4, -0.2) is 30.2 Å². The minimum Gasteiger partial charge on any atom is -0.478 e. The van der Waals surface area contributed by atoms with Gasteiger partial charge >= 0.3 is 5.97 Å². The van der Waals surface area contributed by atoms with Gasteiger partial charge in [0.2, 0.25) is 5.13 Å². The summed E-state index contributed by atoms with van der Waals surface area (Å²) in [5.41, 5.74) is 0.156. The number of hydrogen-bond acceptors (Lipinski definition) is 5. The molecular weight excluding hydrogens is 228 g/mol. The largest absolute Gasteiger partial charge is 0.478 e. The fourth-order valence-corrected chi connectivity index (χ4v) is 2.05. The topological polar surface area (TPSA) is 80.9 Å². The highest BCUT2D eigenvalue weighted by Gasteiger charge is 2.28. The Kier molecular flexibility index (Phi) is 2.00. The molecule has 16 heavy (non-hydrogen) atoms. The van der Waals surface area contributed by atoms with Crippen molar-refractivity contribution >= 4 is 17.5 Å². The smallest absolute Gasteiger partial charge is 0.338 e. The number of carbonyl (C=O) groups is 1. The predicted molar refractivity (Wildman–Crippen MR) is 56.0 cm³/mol. The predicted octanol–water partition coefficient (Wildman–Crippen LogP) is 1.30. The van der Waals surface area contributed by atoms with E-state index in [-0.39, 0.29) is 5.56 Å². The van der Waals surface area contributed by atoms with Gasteiger partial charge < -0.3 is 5.11 Å². The molecule has 3 rings (SSSR count). The van der Waals surface area contributed by atoms with Crippen molar-refractivity contribution in [3.8, 4) is 5.13 Å². The summed E-state index contributed by atoms with van der Waals surface area (Å²) in [7, 11) is 0. The molecule has 2 aromatic rings. The zero-order chi connectivity index (χ0) is 11.1. The van der Waals surface area contributed by atoms with Gasteiger partial charge in [0.25, 0.3) is 0 Å². The van der Waals surface area contributed by atoms with Gasteiger partial charge in [-0.2, -0.15) is 9.47 Å². The van der Waals surface area contributed by atoms with Gasteiger partial charge in [0.05, 0.1) is 11.8 Å². The normalized spacial score (nSPS) is 15.2. The number of aromatic nitrogens is 4. The SMILES string of the molecule is O=C(O)c1cnn(-c2nc(C3CC3)ns2)c1. The Bertz CT molecular complexity index is 543. The van der Waals surface area contributed by atoms with Crippen LogP contribution in [0.3, 0.4) is 0 Å². The van der Waals surface area contributed by atoms with Gasteiger partial charge in [-0.25, -0.2) is 14.5 Å². The van der Waals surface area contributed by atoms with E-state index in [1.807, 2.05) is 0 Å². The number of carboxylic acid groups (broad SMARTS) is 1. The van der Waals surface area contributed by atoms with E-state index in [1.54, 1.807) is 0 Å². The first-order valence-electron chi connectivity index (χ1n) is 4.86. The summed E-state index contributed by atoms with van der Waals surface area (Å²) in [4.78, 5) is 15.0. The van der Waals surface area contributed by atoms with E-state index in [9.17, 15) is 4.79 Å². The van der Waals surface area contributed by atoms with Crippen LogP contribution >= 0.6 is 11.5 Å². The summed E-state index contributed by atoms with van der Waals surface area (Å²) in [6, 6.07) is 0. The monoisotopic (exact) mass is 236 g/mol. The second kappa shape index (κ2) is 3.38. The molecule has 2 aromatic heterocycles. The highest BCUT2D eigenvalue weighted by Crippen LogP contribution is 2.38. The van der Waals surface area contributed by atoms with Crippen LogP contribution in [0.2, 0.25) is 0 Å². The molecule has 2 heterocycles. The Morgan fingerprint density at radius 3 is 3.00 bits per heavy atom. The molecule has 0 atom stereocenters. The van der Waals surface area contributed by atoms with Gasteiger partial charge in [-0.3, -0.25) is 0 Å². The van der Waals surface area contributed by atoms with Crippen molar-refractivity contribution in [3.05, 3.63) is 23.8 Å². The second-order valence-electron chi connectivity index (χ2n) is 3.69. The Morgan fingerprint density at radius 2 is 2.38 bits per heavy atom. The van der Waals surface area contributed by atoms with Crippen LogP contribution in [0.1, 0.15) is 34.9 Å². The van der Waals surface area contributed by atoms with Crippen LogP contribution in [0, 0.1) is 0 Å². The van der Waals surface area contributed by atoms with Crippen LogP contribution in [0.25, 0.3) is 5.13 Å². The number of carboxylic acids is 1. The van der Waals surface area contributed by atoms with Crippen molar-refractivity contribution in [1.82, 2.24) is 19.1 Å². The minimum absolute atomic E-state index is 0.156. The first-order chi connectivity index (χ1) is 7.74. The van der Waals surface area contributed by atoms with Crippen LogP contribution in [0.4, 0.5) is 0 Å². The summed E-state index contributed by atoms with van der Waals surface area (Å²) < 4.78 is 5.68. The lowest BCUT2D eigenvalue weighted by Gasteiger charge is -1.90. The molecule has 6 nitrogen and oxygen atoms in total. The third-order valence-corrected chi connectivity index (χ3v) is 3.12. The lowest BCUT2D eigenvalue weighted by atomic mass is 10.4. The van der Waals surface area contributed by atoms with Crippen molar-refractivity contribution in [2.75, 3.05) is 0 Å². The van der Waals surface area contributed by atoms with E-state index in [0.717, 1.165) is 18.7 Å². The molecule has 1 aliphatic carbocycles. The molecule has 0 aromatic carbocycles. The van der Waals surface area contributed by atoms with Gasteiger partial charge in [-0.15, -0.1) is 0 Å². The zero-order valence-corrected chi connectivity index (χ0v) is 9.02. The molecular formula is C9H8N4O2S. The third kappa shape index (κ3) is 1.58. The first-order valence-corrected chi connectivity index (χ1v) is 5.63. The summed E-state index contributed by atoms with van der Waals surface area (Å²) in [5.74, 6) is 0.366. The van der Waals surface area contributed by atoms with E-state index in [0.29, 0.717) is 11.0 Å². The highest BCUT2D eigenvalue weighted by atomic mass is 32.1. The molecule has 0 radical (unpaired) electrons. The van der Waals surface area contributed by atoms with Crippen molar-refractivity contribution in [3.63, 3.8) is 0 Å². The Balaban J connectivity index is 1.91. The number of aromatic carboxylic acids is 1.